The average molecular weight is 156 g/mol. The molecule has 1 N–H and O–H groups in total. The Bertz CT molecular complexity index is 176. The van der Waals surface area contributed by atoms with Crippen molar-refractivity contribution in [2.75, 3.05) is 6.61 Å². The molecular formula is C8H12O3. The maximum absolute atomic E-state index is 9.63. The Hall–Kier alpha value is -0.120. The van der Waals surface area contributed by atoms with Crippen LogP contribution in [0.5, 0.6) is 0 Å². The van der Waals surface area contributed by atoms with Gasteiger partial charge in [-0.05, 0) is 5.92 Å². The number of aliphatic hydroxyl groups excluding tert-OH is 1. The summed E-state index contributed by atoms with van der Waals surface area (Å²) in [6.07, 6.45) is -0.127. The number of hydrogen-bond donors (Lipinski definition) is 1. The van der Waals surface area contributed by atoms with E-state index in [-0.39, 0.29) is 24.4 Å². The Balaban J connectivity index is 2.01. The van der Waals surface area contributed by atoms with E-state index in [2.05, 4.69) is 6.92 Å². The first-order chi connectivity index (χ1) is 5.29. The van der Waals surface area contributed by atoms with Crippen LogP contribution in [0.1, 0.15) is 6.92 Å². The second kappa shape index (κ2) is 1.79. The molecule has 3 aliphatic rings. The summed E-state index contributed by atoms with van der Waals surface area (Å²) in [7, 11) is 0. The van der Waals surface area contributed by atoms with E-state index in [4.69, 9.17) is 9.47 Å². The minimum Gasteiger partial charge on any atom is -0.388 e. The number of rotatable bonds is 0. The van der Waals surface area contributed by atoms with E-state index in [0.717, 1.165) is 6.61 Å². The topological polar surface area (TPSA) is 38.7 Å². The van der Waals surface area contributed by atoms with Gasteiger partial charge in [0.15, 0.2) is 0 Å². The smallest absolute Gasteiger partial charge is 0.112 e. The monoisotopic (exact) mass is 156 g/mol. The molecule has 6 atom stereocenters. The van der Waals surface area contributed by atoms with Crippen LogP contribution in [0, 0.1) is 11.8 Å². The van der Waals surface area contributed by atoms with Crippen LogP contribution in [0.25, 0.3) is 0 Å². The predicted molar refractivity (Wildman–Crippen MR) is 37.1 cm³/mol. The summed E-state index contributed by atoms with van der Waals surface area (Å²) in [4.78, 5) is 0. The molecule has 0 amide bonds. The molecule has 3 rings (SSSR count). The summed E-state index contributed by atoms with van der Waals surface area (Å²) in [5.74, 6) is 1.03. The summed E-state index contributed by atoms with van der Waals surface area (Å²) in [6, 6.07) is 0. The van der Waals surface area contributed by atoms with Gasteiger partial charge in [-0.25, -0.2) is 0 Å². The first-order valence-corrected chi connectivity index (χ1v) is 4.24. The molecule has 2 bridgehead atoms. The van der Waals surface area contributed by atoms with Gasteiger partial charge in [0, 0.05) is 5.92 Å². The second-order valence-electron chi connectivity index (χ2n) is 3.88. The zero-order valence-electron chi connectivity index (χ0n) is 6.43. The van der Waals surface area contributed by atoms with Gasteiger partial charge in [-0.3, -0.25) is 0 Å². The summed E-state index contributed by atoms with van der Waals surface area (Å²) in [5, 5.41) is 9.63. The van der Waals surface area contributed by atoms with E-state index >= 15 is 0 Å². The number of aliphatic hydroxyl groups is 1. The molecule has 0 aliphatic carbocycles. The lowest BCUT2D eigenvalue weighted by Gasteiger charge is -2.23. The van der Waals surface area contributed by atoms with E-state index < -0.39 is 0 Å². The summed E-state index contributed by atoms with van der Waals surface area (Å²) in [6.45, 7) is 2.92. The third kappa shape index (κ3) is 0.567. The van der Waals surface area contributed by atoms with E-state index in [1.54, 1.807) is 0 Å². The number of fused-ring (bicyclic) bond motifs is 1. The van der Waals surface area contributed by atoms with Crippen LogP contribution in [0.4, 0.5) is 0 Å². The minimum atomic E-state index is -0.367. The van der Waals surface area contributed by atoms with Crippen LogP contribution in [0.3, 0.4) is 0 Å². The molecule has 11 heavy (non-hydrogen) atoms. The fourth-order valence-corrected chi connectivity index (χ4v) is 2.71. The molecule has 3 fully saturated rings. The summed E-state index contributed by atoms with van der Waals surface area (Å²) >= 11 is 0. The van der Waals surface area contributed by atoms with Crippen molar-refractivity contribution in [3.05, 3.63) is 0 Å². The number of hydrogen-bond acceptors (Lipinski definition) is 3. The summed E-state index contributed by atoms with van der Waals surface area (Å²) < 4.78 is 11.0. The van der Waals surface area contributed by atoms with Crippen molar-refractivity contribution in [1.82, 2.24) is 0 Å². The van der Waals surface area contributed by atoms with Gasteiger partial charge < -0.3 is 14.6 Å². The maximum atomic E-state index is 9.63. The van der Waals surface area contributed by atoms with Crippen molar-refractivity contribution >= 4 is 0 Å². The Kier molecular flexibility index (Phi) is 1.04. The quantitative estimate of drug-likeness (QED) is 0.527. The molecule has 3 nitrogen and oxygen atoms in total. The maximum Gasteiger partial charge on any atom is 0.112 e. The van der Waals surface area contributed by atoms with Crippen LogP contribution in [0.2, 0.25) is 0 Å². The zero-order chi connectivity index (χ0) is 7.59. The Labute approximate surface area is 65.3 Å². The molecule has 0 aromatic carbocycles. The van der Waals surface area contributed by atoms with Crippen molar-refractivity contribution in [3.8, 4) is 0 Å². The molecular weight excluding hydrogens is 144 g/mol. The fourth-order valence-electron chi connectivity index (χ4n) is 2.71. The molecule has 3 saturated heterocycles. The van der Waals surface area contributed by atoms with Gasteiger partial charge in [-0.2, -0.15) is 0 Å². The van der Waals surface area contributed by atoms with Crippen LogP contribution < -0.4 is 0 Å². The van der Waals surface area contributed by atoms with Crippen LogP contribution >= 0.6 is 0 Å². The standard InChI is InChI=1S/C8H12O3/c1-3-4-2-10-8-5(9)6(3)11-7(4)8/h3-9H,2H2,1H3. The van der Waals surface area contributed by atoms with Gasteiger partial charge in [0.2, 0.25) is 0 Å². The van der Waals surface area contributed by atoms with Crippen molar-refractivity contribution in [3.63, 3.8) is 0 Å². The summed E-state index contributed by atoms with van der Waals surface area (Å²) in [5.41, 5.74) is 0. The number of ether oxygens (including phenoxy) is 2. The third-order valence-electron chi connectivity index (χ3n) is 3.41. The van der Waals surface area contributed by atoms with Crippen molar-refractivity contribution in [2.24, 2.45) is 11.8 Å². The van der Waals surface area contributed by atoms with Crippen LogP contribution in [0.15, 0.2) is 0 Å². The molecule has 3 heterocycles. The van der Waals surface area contributed by atoms with Gasteiger partial charge in [0.1, 0.15) is 12.2 Å². The first kappa shape index (κ1) is 6.40. The molecule has 0 saturated carbocycles. The van der Waals surface area contributed by atoms with Gasteiger partial charge >= 0.3 is 0 Å². The van der Waals surface area contributed by atoms with Crippen molar-refractivity contribution in [2.45, 2.75) is 31.3 Å². The SMILES string of the molecule is CC1C2COC3C(O)C1OC23. The average Bonchev–Trinajstić information content (AvgIpc) is 2.53. The highest BCUT2D eigenvalue weighted by Crippen LogP contribution is 2.48. The van der Waals surface area contributed by atoms with Crippen molar-refractivity contribution in [1.29, 1.82) is 0 Å². The Morgan fingerprint density at radius 3 is 2.82 bits per heavy atom. The van der Waals surface area contributed by atoms with E-state index in [1.807, 2.05) is 0 Å². The highest BCUT2D eigenvalue weighted by atomic mass is 16.6. The van der Waals surface area contributed by atoms with Gasteiger partial charge in [-0.15, -0.1) is 0 Å². The third-order valence-corrected chi connectivity index (χ3v) is 3.41. The molecule has 0 radical (unpaired) electrons. The largest absolute Gasteiger partial charge is 0.388 e. The second-order valence-corrected chi connectivity index (χ2v) is 3.88. The first-order valence-electron chi connectivity index (χ1n) is 4.24. The fraction of sp³-hybridized carbons (Fsp3) is 1.00. The Morgan fingerprint density at radius 1 is 1.27 bits per heavy atom. The van der Waals surface area contributed by atoms with Gasteiger partial charge in [0.25, 0.3) is 0 Å². The normalized spacial score (nSPS) is 66.0. The zero-order valence-corrected chi connectivity index (χ0v) is 6.43. The molecule has 0 aromatic rings. The molecule has 6 unspecified atom stereocenters. The molecule has 0 aromatic heterocycles. The lowest BCUT2D eigenvalue weighted by molar-refractivity contribution is 0.00247. The van der Waals surface area contributed by atoms with Crippen molar-refractivity contribution < 1.29 is 14.6 Å². The van der Waals surface area contributed by atoms with Crippen LogP contribution in [-0.4, -0.2) is 36.1 Å². The van der Waals surface area contributed by atoms with Gasteiger partial charge in [-0.1, -0.05) is 6.92 Å². The molecule has 0 spiro atoms. The van der Waals surface area contributed by atoms with E-state index in [1.165, 1.54) is 0 Å². The minimum absolute atomic E-state index is 0.0128. The Morgan fingerprint density at radius 2 is 2.09 bits per heavy atom. The van der Waals surface area contributed by atoms with E-state index in [9.17, 15) is 5.11 Å². The predicted octanol–water partition coefficient (Wildman–Crippen LogP) is -0.221. The highest BCUT2D eigenvalue weighted by molar-refractivity contribution is 5.08. The highest BCUT2D eigenvalue weighted by Gasteiger charge is 2.62. The van der Waals surface area contributed by atoms with Gasteiger partial charge in [0.05, 0.1) is 18.8 Å². The molecule has 3 heteroatoms. The lowest BCUT2D eigenvalue weighted by atomic mass is 9.80. The molecule has 3 aliphatic heterocycles. The lowest BCUT2D eigenvalue weighted by Crippen LogP contribution is -2.40. The molecule has 62 valence electrons. The van der Waals surface area contributed by atoms with Crippen LogP contribution in [-0.2, 0) is 9.47 Å². The van der Waals surface area contributed by atoms with E-state index in [0.29, 0.717) is 11.8 Å².